The lowest BCUT2D eigenvalue weighted by molar-refractivity contribution is -0.131. The van der Waals surface area contributed by atoms with Crippen LogP contribution >= 0.6 is 0 Å². The summed E-state index contributed by atoms with van der Waals surface area (Å²) >= 11 is 0. The maximum atomic E-state index is 12.9. The molecule has 1 aliphatic heterocycles. The lowest BCUT2D eigenvalue weighted by Crippen LogP contribution is -2.33. The van der Waals surface area contributed by atoms with E-state index in [-0.39, 0.29) is 11.8 Å². The number of para-hydroxylation sites is 1. The molecule has 2 aromatic heterocycles. The monoisotopic (exact) mass is 442 g/mol. The van der Waals surface area contributed by atoms with Gasteiger partial charge >= 0.3 is 0 Å². The van der Waals surface area contributed by atoms with E-state index in [1.54, 1.807) is 18.2 Å². The van der Waals surface area contributed by atoms with E-state index in [0.29, 0.717) is 25.2 Å². The van der Waals surface area contributed by atoms with Crippen molar-refractivity contribution in [1.29, 1.82) is 0 Å². The normalized spacial score (nSPS) is 16.8. The highest BCUT2D eigenvalue weighted by Crippen LogP contribution is 2.35. The molecule has 2 N–H and O–H groups in total. The van der Waals surface area contributed by atoms with Crippen LogP contribution < -0.4 is 4.74 Å². The number of aromatic amines is 1. The summed E-state index contributed by atoms with van der Waals surface area (Å²) in [6.45, 7) is 2.94. The number of β-amino-alcohol motifs (C(OH)–C–C–N with tert-alkyl or cyclic N) is 1. The number of H-pyrrole nitrogens is 1. The third-order valence-corrected chi connectivity index (χ3v) is 6.35. The predicted octanol–water partition coefficient (Wildman–Crippen LogP) is 4.00. The summed E-state index contributed by atoms with van der Waals surface area (Å²) < 4.78 is 5.53. The molecule has 0 aliphatic carbocycles. The maximum Gasteiger partial charge on any atom is 0.229 e. The number of aliphatic hydroxyl groups is 1. The topological polar surface area (TPSA) is 91.3 Å². The van der Waals surface area contributed by atoms with Gasteiger partial charge in [-0.05, 0) is 42.7 Å². The average molecular weight is 443 g/mol. The van der Waals surface area contributed by atoms with Crippen molar-refractivity contribution in [3.63, 3.8) is 0 Å². The minimum atomic E-state index is -0.419. The number of nitrogens with one attached hydrogen (secondary N) is 1. The Kier molecular flexibility index (Phi) is 5.56. The quantitative estimate of drug-likeness (QED) is 0.488. The third-order valence-electron chi connectivity index (χ3n) is 6.35. The fourth-order valence-corrected chi connectivity index (χ4v) is 4.46. The Morgan fingerprint density at radius 2 is 2.03 bits per heavy atom. The van der Waals surface area contributed by atoms with Crippen molar-refractivity contribution >= 4 is 16.9 Å². The van der Waals surface area contributed by atoms with Gasteiger partial charge in [0.1, 0.15) is 5.75 Å². The van der Waals surface area contributed by atoms with Crippen LogP contribution in [0.5, 0.6) is 5.75 Å². The molecule has 1 fully saturated rings. The van der Waals surface area contributed by atoms with Crippen LogP contribution in [0.25, 0.3) is 33.4 Å². The first-order valence-corrected chi connectivity index (χ1v) is 11.1. The van der Waals surface area contributed by atoms with Crippen LogP contribution in [0.4, 0.5) is 0 Å². The second-order valence-corrected chi connectivity index (χ2v) is 8.47. The standard InChI is InChI=1S/C26H26N4O3/c1-16(26(32)30-11-10-20(31)15-30)17-6-5-7-18(12-17)19-13-22-24(28-29-25(22)27-14-19)21-8-3-4-9-23(21)33-2/h3-9,12-14,16,20,31H,10-11,15H2,1-2H3,(H,27,28,29). The number of rotatable bonds is 5. The second-order valence-electron chi connectivity index (χ2n) is 8.47. The van der Waals surface area contributed by atoms with Gasteiger partial charge in [-0.1, -0.05) is 36.4 Å². The minimum absolute atomic E-state index is 0.0468. The average Bonchev–Trinajstić information content (AvgIpc) is 3.49. The molecule has 1 aliphatic rings. The van der Waals surface area contributed by atoms with Crippen LogP contribution in [-0.4, -0.2) is 57.4 Å². The molecular formula is C26H26N4O3. The first kappa shape index (κ1) is 21.2. The fourth-order valence-electron chi connectivity index (χ4n) is 4.46. The van der Waals surface area contributed by atoms with E-state index in [2.05, 4.69) is 21.2 Å². The lowest BCUT2D eigenvalue weighted by atomic mass is 9.95. The van der Waals surface area contributed by atoms with E-state index in [1.807, 2.05) is 55.5 Å². The molecule has 1 amide bonds. The van der Waals surface area contributed by atoms with Crippen LogP contribution in [0.2, 0.25) is 0 Å². The smallest absolute Gasteiger partial charge is 0.229 e. The Morgan fingerprint density at radius 1 is 1.18 bits per heavy atom. The lowest BCUT2D eigenvalue weighted by Gasteiger charge is -2.21. The molecular weight excluding hydrogens is 416 g/mol. The molecule has 33 heavy (non-hydrogen) atoms. The SMILES string of the molecule is COc1ccccc1-c1[nH]nc2ncc(-c3cccc(C(C)C(=O)N4CCC(O)C4)c3)cc12. The van der Waals surface area contributed by atoms with E-state index in [1.165, 1.54) is 0 Å². The number of hydrogen-bond donors (Lipinski definition) is 2. The van der Waals surface area contributed by atoms with Gasteiger partial charge in [-0.25, -0.2) is 4.98 Å². The van der Waals surface area contributed by atoms with E-state index in [9.17, 15) is 9.90 Å². The molecule has 0 saturated carbocycles. The predicted molar refractivity (Wildman–Crippen MR) is 127 cm³/mol. The highest BCUT2D eigenvalue weighted by atomic mass is 16.5. The van der Waals surface area contributed by atoms with Crippen LogP contribution in [0.3, 0.4) is 0 Å². The summed E-state index contributed by atoms with van der Waals surface area (Å²) in [5.74, 6) is 0.519. The van der Waals surface area contributed by atoms with Crippen LogP contribution in [-0.2, 0) is 4.79 Å². The van der Waals surface area contributed by atoms with Gasteiger partial charge < -0.3 is 14.7 Å². The summed E-state index contributed by atoms with van der Waals surface area (Å²) in [5.41, 5.74) is 5.27. The number of pyridine rings is 1. The fraction of sp³-hybridized carbons (Fsp3) is 0.269. The third kappa shape index (κ3) is 3.96. The second kappa shape index (κ2) is 8.67. The minimum Gasteiger partial charge on any atom is -0.496 e. The number of likely N-dealkylation sites (tertiary alicyclic amines) is 1. The highest BCUT2D eigenvalue weighted by molar-refractivity contribution is 5.95. The largest absolute Gasteiger partial charge is 0.496 e. The van der Waals surface area contributed by atoms with Crippen LogP contribution in [0.1, 0.15) is 24.8 Å². The van der Waals surface area contributed by atoms with Gasteiger partial charge in [0.25, 0.3) is 0 Å². The zero-order chi connectivity index (χ0) is 22.9. The number of aromatic nitrogens is 3. The number of methoxy groups -OCH3 is 1. The van der Waals surface area contributed by atoms with Gasteiger partial charge in [-0.2, -0.15) is 5.10 Å². The van der Waals surface area contributed by atoms with Crippen molar-refractivity contribution in [2.45, 2.75) is 25.4 Å². The molecule has 4 aromatic rings. The van der Waals surface area contributed by atoms with Crippen molar-refractivity contribution in [2.75, 3.05) is 20.2 Å². The van der Waals surface area contributed by atoms with Gasteiger partial charge in [-0.15, -0.1) is 0 Å². The molecule has 0 spiro atoms. The summed E-state index contributed by atoms with van der Waals surface area (Å²) in [5, 5.41) is 18.1. The van der Waals surface area contributed by atoms with E-state index in [4.69, 9.17) is 4.74 Å². The molecule has 2 unspecified atom stereocenters. The Morgan fingerprint density at radius 3 is 2.82 bits per heavy atom. The Labute approximate surface area is 192 Å². The zero-order valence-corrected chi connectivity index (χ0v) is 18.7. The molecule has 3 heterocycles. The number of ether oxygens (including phenoxy) is 1. The van der Waals surface area contributed by atoms with Gasteiger partial charge in [-0.3, -0.25) is 9.89 Å². The Bertz CT molecular complexity index is 1320. The highest BCUT2D eigenvalue weighted by Gasteiger charge is 2.28. The van der Waals surface area contributed by atoms with E-state index in [0.717, 1.165) is 39.1 Å². The molecule has 7 nitrogen and oxygen atoms in total. The molecule has 0 bridgehead atoms. The zero-order valence-electron chi connectivity index (χ0n) is 18.7. The molecule has 5 rings (SSSR count). The number of fused-ring (bicyclic) bond motifs is 1. The summed E-state index contributed by atoms with van der Waals surface area (Å²) in [6, 6.07) is 17.9. The number of carbonyl (C=O) groups is 1. The summed E-state index contributed by atoms with van der Waals surface area (Å²) in [4.78, 5) is 19.2. The van der Waals surface area contributed by atoms with Crippen molar-refractivity contribution in [3.05, 3.63) is 66.4 Å². The number of amides is 1. The molecule has 7 heteroatoms. The van der Waals surface area contributed by atoms with Crippen molar-refractivity contribution in [3.8, 4) is 28.1 Å². The summed E-state index contributed by atoms with van der Waals surface area (Å²) in [7, 11) is 1.65. The maximum absolute atomic E-state index is 12.9. The van der Waals surface area contributed by atoms with Crippen LogP contribution in [0.15, 0.2) is 60.8 Å². The van der Waals surface area contributed by atoms with E-state index < -0.39 is 6.10 Å². The first-order valence-electron chi connectivity index (χ1n) is 11.1. The van der Waals surface area contributed by atoms with Gasteiger partial charge in [0, 0.05) is 35.8 Å². The Hall–Kier alpha value is -3.71. The van der Waals surface area contributed by atoms with Gasteiger partial charge in [0.05, 0.1) is 24.8 Å². The number of aliphatic hydroxyl groups excluding tert-OH is 1. The van der Waals surface area contributed by atoms with Crippen molar-refractivity contribution in [2.24, 2.45) is 0 Å². The van der Waals surface area contributed by atoms with Crippen LogP contribution in [0, 0.1) is 0 Å². The first-order chi connectivity index (χ1) is 16.0. The molecule has 168 valence electrons. The Balaban J connectivity index is 1.49. The number of hydrogen-bond acceptors (Lipinski definition) is 5. The molecule has 1 saturated heterocycles. The molecule has 0 radical (unpaired) electrons. The van der Waals surface area contributed by atoms with Crippen molar-refractivity contribution in [1.82, 2.24) is 20.1 Å². The van der Waals surface area contributed by atoms with Crippen molar-refractivity contribution < 1.29 is 14.6 Å². The molecule has 2 atom stereocenters. The number of benzene rings is 2. The van der Waals surface area contributed by atoms with E-state index >= 15 is 0 Å². The number of nitrogens with zero attached hydrogens (tertiary/aromatic N) is 3. The van der Waals surface area contributed by atoms with Gasteiger partial charge in [0.15, 0.2) is 5.65 Å². The number of carbonyl (C=O) groups excluding carboxylic acids is 1. The van der Waals surface area contributed by atoms with Gasteiger partial charge in [0.2, 0.25) is 5.91 Å². The summed E-state index contributed by atoms with van der Waals surface area (Å²) in [6.07, 6.45) is 2.03. The molecule has 2 aromatic carbocycles.